The number of nitrogens with zero attached hydrogens (tertiary/aromatic N) is 1. The third-order valence-corrected chi connectivity index (χ3v) is 2.69. The maximum absolute atomic E-state index is 13.4. The van der Waals surface area contributed by atoms with Gasteiger partial charge in [0.25, 0.3) is 0 Å². The molecule has 0 aliphatic carbocycles. The second-order valence-electron chi connectivity index (χ2n) is 4.13. The minimum atomic E-state index is -0.859. The van der Waals surface area contributed by atoms with Crippen molar-refractivity contribution in [2.45, 2.75) is 0 Å². The summed E-state index contributed by atoms with van der Waals surface area (Å²) in [6.45, 7) is 0. The zero-order valence-electron chi connectivity index (χ0n) is 10.6. The summed E-state index contributed by atoms with van der Waals surface area (Å²) in [5.74, 6) is -1.57. The molecule has 2 aromatic rings. The molecule has 0 fully saturated rings. The predicted molar refractivity (Wildman–Crippen MR) is 71.9 cm³/mol. The molecule has 0 saturated heterocycles. The SMILES string of the molecule is CN(C(=O)Nc1ccc(F)cc1F)c1cccc(O)c1. The predicted octanol–water partition coefficient (Wildman–Crippen LogP) is 3.34. The van der Waals surface area contributed by atoms with Gasteiger partial charge in [-0.15, -0.1) is 0 Å². The summed E-state index contributed by atoms with van der Waals surface area (Å²) >= 11 is 0. The average Bonchev–Trinajstić information content (AvgIpc) is 2.41. The topological polar surface area (TPSA) is 52.6 Å². The Morgan fingerprint density at radius 1 is 1.20 bits per heavy atom. The number of hydrogen-bond acceptors (Lipinski definition) is 2. The smallest absolute Gasteiger partial charge is 0.326 e. The summed E-state index contributed by atoms with van der Waals surface area (Å²) in [5, 5.41) is 11.7. The fraction of sp³-hybridized carbons (Fsp3) is 0.0714. The molecule has 4 nitrogen and oxygen atoms in total. The number of nitrogens with one attached hydrogen (secondary N) is 1. The van der Waals surface area contributed by atoms with Crippen LogP contribution in [0.15, 0.2) is 42.5 Å². The number of amides is 2. The Labute approximate surface area is 114 Å². The van der Waals surface area contributed by atoms with E-state index in [-0.39, 0.29) is 11.4 Å². The highest BCUT2D eigenvalue weighted by molar-refractivity contribution is 6.01. The molecule has 0 atom stereocenters. The van der Waals surface area contributed by atoms with Crippen LogP contribution in [0.3, 0.4) is 0 Å². The van der Waals surface area contributed by atoms with Crippen molar-refractivity contribution < 1.29 is 18.7 Å². The van der Waals surface area contributed by atoms with E-state index in [0.717, 1.165) is 12.1 Å². The Hall–Kier alpha value is -2.63. The van der Waals surface area contributed by atoms with Crippen LogP contribution in [-0.4, -0.2) is 18.2 Å². The molecule has 0 unspecified atom stereocenters. The van der Waals surface area contributed by atoms with Crippen LogP contribution in [0.4, 0.5) is 25.0 Å². The third kappa shape index (κ3) is 3.03. The zero-order chi connectivity index (χ0) is 14.7. The van der Waals surface area contributed by atoms with Gasteiger partial charge in [-0.1, -0.05) is 6.07 Å². The van der Waals surface area contributed by atoms with Gasteiger partial charge in [0.15, 0.2) is 0 Å². The van der Waals surface area contributed by atoms with Crippen LogP contribution in [0.25, 0.3) is 0 Å². The lowest BCUT2D eigenvalue weighted by atomic mass is 10.3. The van der Waals surface area contributed by atoms with E-state index in [4.69, 9.17) is 0 Å². The van der Waals surface area contributed by atoms with Crippen molar-refractivity contribution in [3.63, 3.8) is 0 Å². The monoisotopic (exact) mass is 278 g/mol. The van der Waals surface area contributed by atoms with Crippen molar-refractivity contribution in [1.29, 1.82) is 0 Å². The highest BCUT2D eigenvalue weighted by atomic mass is 19.1. The molecule has 2 amide bonds. The molecule has 0 radical (unpaired) electrons. The summed E-state index contributed by atoms with van der Waals surface area (Å²) in [5.41, 5.74) is 0.313. The van der Waals surface area contributed by atoms with E-state index in [1.54, 1.807) is 12.1 Å². The van der Waals surface area contributed by atoms with Crippen LogP contribution in [0.5, 0.6) is 5.75 Å². The van der Waals surface area contributed by atoms with Gasteiger partial charge in [-0.2, -0.15) is 0 Å². The maximum Gasteiger partial charge on any atom is 0.326 e. The molecule has 2 rings (SSSR count). The molecule has 0 aliphatic heterocycles. The molecule has 0 spiro atoms. The molecule has 104 valence electrons. The van der Waals surface area contributed by atoms with E-state index >= 15 is 0 Å². The molecule has 0 aliphatic rings. The van der Waals surface area contributed by atoms with E-state index in [1.807, 2.05) is 0 Å². The van der Waals surface area contributed by atoms with Crippen molar-refractivity contribution in [3.05, 3.63) is 54.1 Å². The van der Waals surface area contributed by atoms with Gasteiger partial charge in [0.1, 0.15) is 17.4 Å². The van der Waals surface area contributed by atoms with E-state index in [2.05, 4.69) is 5.32 Å². The Morgan fingerprint density at radius 3 is 2.60 bits per heavy atom. The van der Waals surface area contributed by atoms with Crippen LogP contribution < -0.4 is 10.2 Å². The number of rotatable bonds is 2. The number of halogens is 2. The van der Waals surface area contributed by atoms with Gasteiger partial charge in [0.05, 0.1) is 5.69 Å². The largest absolute Gasteiger partial charge is 0.508 e. The lowest BCUT2D eigenvalue weighted by Crippen LogP contribution is -2.31. The minimum absolute atomic E-state index is 0.00936. The van der Waals surface area contributed by atoms with Crippen LogP contribution in [0.2, 0.25) is 0 Å². The lowest BCUT2D eigenvalue weighted by Gasteiger charge is -2.18. The fourth-order valence-corrected chi connectivity index (χ4v) is 1.61. The standard InChI is InChI=1S/C14H12F2N2O2/c1-18(10-3-2-4-11(19)8-10)14(20)17-13-6-5-9(15)7-12(13)16/h2-8,19H,1H3,(H,17,20). The van der Waals surface area contributed by atoms with Gasteiger partial charge < -0.3 is 10.4 Å². The van der Waals surface area contributed by atoms with Crippen LogP contribution in [0.1, 0.15) is 0 Å². The number of carbonyl (C=O) groups is 1. The van der Waals surface area contributed by atoms with Crippen molar-refractivity contribution in [3.8, 4) is 5.75 Å². The molecule has 20 heavy (non-hydrogen) atoms. The van der Waals surface area contributed by atoms with Gasteiger partial charge in [0, 0.05) is 24.9 Å². The van der Waals surface area contributed by atoms with Gasteiger partial charge >= 0.3 is 6.03 Å². The van der Waals surface area contributed by atoms with Crippen LogP contribution >= 0.6 is 0 Å². The van der Waals surface area contributed by atoms with Crippen molar-refractivity contribution in [2.24, 2.45) is 0 Å². The lowest BCUT2D eigenvalue weighted by molar-refractivity contribution is 0.258. The number of urea groups is 1. The number of phenolic OH excluding ortho intramolecular Hbond substituents is 1. The molecule has 0 bridgehead atoms. The quantitative estimate of drug-likeness (QED) is 0.885. The number of hydrogen-bond donors (Lipinski definition) is 2. The molecular weight excluding hydrogens is 266 g/mol. The molecule has 2 aromatic carbocycles. The van der Waals surface area contributed by atoms with E-state index < -0.39 is 17.7 Å². The summed E-state index contributed by atoms with van der Waals surface area (Å²) in [6.07, 6.45) is 0. The van der Waals surface area contributed by atoms with E-state index in [0.29, 0.717) is 11.8 Å². The Balaban J connectivity index is 2.15. The third-order valence-electron chi connectivity index (χ3n) is 2.69. The highest BCUT2D eigenvalue weighted by Crippen LogP contribution is 2.21. The Kier molecular flexibility index (Phi) is 3.84. The van der Waals surface area contributed by atoms with Gasteiger partial charge in [-0.25, -0.2) is 13.6 Å². The van der Waals surface area contributed by atoms with Gasteiger partial charge in [0.2, 0.25) is 0 Å². The molecule has 0 saturated carbocycles. The number of carbonyl (C=O) groups excluding carboxylic acids is 1. The number of benzene rings is 2. The second kappa shape index (κ2) is 5.56. The van der Waals surface area contributed by atoms with Gasteiger partial charge in [-0.3, -0.25) is 4.90 Å². The van der Waals surface area contributed by atoms with Crippen LogP contribution in [0, 0.1) is 11.6 Å². The molecular formula is C14H12F2N2O2. The van der Waals surface area contributed by atoms with Crippen molar-refractivity contribution >= 4 is 17.4 Å². The maximum atomic E-state index is 13.4. The summed E-state index contributed by atoms with van der Waals surface area (Å²) in [4.78, 5) is 13.1. The fourth-order valence-electron chi connectivity index (χ4n) is 1.61. The molecule has 0 heterocycles. The van der Waals surface area contributed by atoms with Gasteiger partial charge in [-0.05, 0) is 24.3 Å². The number of aromatic hydroxyl groups is 1. The minimum Gasteiger partial charge on any atom is -0.508 e. The molecule has 6 heteroatoms. The first-order valence-corrected chi connectivity index (χ1v) is 5.76. The van der Waals surface area contributed by atoms with Crippen LogP contribution in [-0.2, 0) is 0 Å². The number of anilines is 2. The zero-order valence-corrected chi connectivity index (χ0v) is 10.6. The summed E-state index contributed by atoms with van der Waals surface area (Å²) in [6, 6.07) is 8.31. The Bertz CT molecular complexity index is 647. The highest BCUT2D eigenvalue weighted by Gasteiger charge is 2.13. The average molecular weight is 278 g/mol. The molecule has 2 N–H and O–H groups in total. The van der Waals surface area contributed by atoms with E-state index in [1.165, 1.54) is 24.1 Å². The first-order chi connectivity index (χ1) is 9.47. The van der Waals surface area contributed by atoms with E-state index in [9.17, 15) is 18.7 Å². The summed E-state index contributed by atoms with van der Waals surface area (Å²) < 4.78 is 26.2. The second-order valence-corrected chi connectivity index (χ2v) is 4.13. The summed E-state index contributed by atoms with van der Waals surface area (Å²) in [7, 11) is 1.46. The Morgan fingerprint density at radius 2 is 1.95 bits per heavy atom. The molecule has 0 aromatic heterocycles. The van der Waals surface area contributed by atoms with Crippen molar-refractivity contribution in [1.82, 2.24) is 0 Å². The first kappa shape index (κ1) is 13.8. The normalized spacial score (nSPS) is 10.2. The number of phenols is 1. The first-order valence-electron chi connectivity index (χ1n) is 5.76. The van der Waals surface area contributed by atoms with Crippen molar-refractivity contribution in [2.75, 3.05) is 17.3 Å².